The highest BCUT2D eigenvalue weighted by Gasteiger charge is 2.29. The molecule has 3 heterocycles. The maximum Gasteiger partial charge on any atom is 0.446 e. The first kappa shape index (κ1) is 30.8. The highest BCUT2D eigenvalue weighted by atomic mass is 32.2. The number of thiazole rings is 1. The van der Waals surface area contributed by atoms with E-state index in [0.29, 0.717) is 47.4 Å². The molecule has 8 nitrogen and oxygen atoms in total. The minimum atomic E-state index is -4.41. The molecule has 0 aliphatic heterocycles. The number of aromatic amines is 1. The minimum absolute atomic E-state index is 0.0181. The van der Waals surface area contributed by atoms with Crippen LogP contribution in [0.3, 0.4) is 0 Å². The average Bonchev–Trinajstić information content (AvgIpc) is 3.61. The summed E-state index contributed by atoms with van der Waals surface area (Å²) in [6, 6.07) is 14.0. The van der Waals surface area contributed by atoms with Crippen molar-refractivity contribution < 1.29 is 13.2 Å². The number of H-pyrrole nitrogens is 1. The molecule has 0 aliphatic carbocycles. The van der Waals surface area contributed by atoms with Crippen LogP contribution in [0.4, 0.5) is 18.3 Å². The van der Waals surface area contributed by atoms with E-state index < -0.39 is 11.2 Å². The monoisotopic (exact) mass is 627 g/mol. The molecule has 226 valence electrons. The Kier molecular flexibility index (Phi) is 9.55. The molecule has 5 aromatic rings. The second-order valence-electron chi connectivity index (χ2n) is 10.4. The van der Waals surface area contributed by atoms with Gasteiger partial charge in [0.2, 0.25) is 0 Å². The van der Waals surface area contributed by atoms with Gasteiger partial charge in [-0.1, -0.05) is 12.1 Å². The number of nitrogens with two attached hydrogens (primary N) is 2. The van der Waals surface area contributed by atoms with Gasteiger partial charge in [0.15, 0.2) is 5.13 Å². The van der Waals surface area contributed by atoms with E-state index in [4.69, 9.17) is 11.5 Å². The van der Waals surface area contributed by atoms with Gasteiger partial charge in [0.05, 0.1) is 5.69 Å². The van der Waals surface area contributed by atoms with Gasteiger partial charge in [0, 0.05) is 52.4 Å². The van der Waals surface area contributed by atoms with Crippen LogP contribution in [0.5, 0.6) is 0 Å². The lowest BCUT2D eigenvalue weighted by Gasteiger charge is -2.13. The van der Waals surface area contributed by atoms with Crippen molar-refractivity contribution in [2.75, 3.05) is 11.9 Å². The fraction of sp³-hybridized carbons (Fsp3) is 0.300. The van der Waals surface area contributed by atoms with E-state index in [9.17, 15) is 18.0 Å². The summed E-state index contributed by atoms with van der Waals surface area (Å²) >= 11 is 1.39. The van der Waals surface area contributed by atoms with Crippen LogP contribution in [0.2, 0.25) is 0 Å². The molecule has 0 unspecified atom stereocenters. The summed E-state index contributed by atoms with van der Waals surface area (Å²) in [5, 5.41) is 6.65. The van der Waals surface area contributed by atoms with Gasteiger partial charge >= 0.3 is 11.2 Å². The summed E-state index contributed by atoms with van der Waals surface area (Å²) in [6.07, 6.45) is 6.26. The van der Waals surface area contributed by atoms with Crippen molar-refractivity contribution in [1.29, 1.82) is 0 Å². The molecule has 2 aromatic carbocycles. The van der Waals surface area contributed by atoms with E-state index in [1.807, 2.05) is 42.6 Å². The predicted molar refractivity (Wildman–Crippen MR) is 168 cm³/mol. The van der Waals surface area contributed by atoms with E-state index in [2.05, 4.69) is 20.3 Å². The van der Waals surface area contributed by atoms with E-state index in [-0.39, 0.29) is 28.7 Å². The zero-order chi connectivity index (χ0) is 30.6. The third-order valence-corrected chi connectivity index (χ3v) is 8.34. The largest absolute Gasteiger partial charge is 0.446 e. The van der Waals surface area contributed by atoms with Crippen LogP contribution >= 0.6 is 23.1 Å². The number of hydrogen-bond acceptors (Lipinski definition) is 8. The maximum absolute atomic E-state index is 13.2. The molecule has 0 radical (unpaired) electrons. The molecule has 0 spiro atoms. The standard InChI is InChI=1S/C30H32F3N7OS2/c1-18(34)3-2-4-19-13-21(15-24(14-19)43-30(31,32)33)26-16-22-17-40(29(41)39-27(22)38-26)23-7-5-20(6-8-23)25(35)9-10-36-28-37-11-12-42-28/h5-8,11-18,25H,2-4,9-10,34-35H2,1H3,(H,36,37)(H,38,39,41)/t18-,25-/m0/s1. The number of aromatic nitrogens is 4. The lowest BCUT2D eigenvalue weighted by atomic mass is 10.0. The summed E-state index contributed by atoms with van der Waals surface area (Å²) in [5.41, 5.74) is 11.2. The summed E-state index contributed by atoms with van der Waals surface area (Å²) in [4.78, 5) is 24.6. The molecule has 6 N–H and O–H groups in total. The zero-order valence-electron chi connectivity index (χ0n) is 23.4. The van der Waals surface area contributed by atoms with Crippen molar-refractivity contribution in [1.82, 2.24) is 19.5 Å². The average molecular weight is 628 g/mol. The zero-order valence-corrected chi connectivity index (χ0v) is 25.0. The SMILES string of the molecule is C[C@H](N)CCCc1cc(SC(F)(F)F)cc(-c2cc3cn(-c4ccc([C@@H](N)CCNc5nccs5)cc4)c(=O)nc3[nH]2)c1. The lowest BCUT2D eigenvalue weighted by molar-refractivity contribution is -0.0328. The molecule has 0 aliphatic rings. The Hall–Kier alpha value is -3.65. The Labute approximate surface area is 254 Å². The van der Waals surface area contributed by atoms with Gasteiger partial charge in [0.1, 0.15) is 5.65 Å². The molecule has 0 fully saturated rings. The minimum Gasteiger partial charge on any atom is -0.361 e. The predicted octanol–water partition coefficient (Wildman–Crippen LogP) is 6.62. The van der Waals surface area contributed by atoms with Crippen LogP contribution < -0.4 is 22.5 Å². The van der Waals surface area contributed by atoms with Gasteiger partial charge < -0.3 is 21.8 Å². The fourth-order valence-electron chi connectivity index (χ4n) is 4.81. The van der Waals surface area contributed by atoms with Gasteiger partial charge in [-0.25, -0.2) is 9.78 Å². The number of anilines is 1. The van der Waals surface area contributed by atoms with Crippen molar-refractivity contribution >= 4 is 39.3 Å². The molecule has 3 aromatic heterocycles. The summed E-state index contributed by atoms with van der Waals surface area (Å²) < 4.78 is 41.2. The number of fused-ring (bicyclic) bond motifs is 1. The van der Waals surface area contributed by atoms with Crippen molar-refractivity contribution in [3.05, 3.63) is 87.9 Å². The number of rotatable bonds is 12. The molecule has 0 saturated carbocycles. The molecule has 0 bridgehead atoms. The van der Waals surface area contributed by atoms with E-state index in [1.54, 1.807) is 24.5 Å². The second kappa shape index (κ2) is 13.3. The van der Waals surface area contributed by atoms with Crippen molar-refractivity contribution in [2.24, 2.45) is 11.5 Å². The molecule has 5 rings (SSSR count). The Balaban J connectivity index is 1.37. The number of benzene rings is 2. The van der Waals surface area contributed by atoms with Crippen LogP contribution in [0.1, 0.15) is 43.4 Å². The third kappa shape index (κ3) is 8.25. The van der Waals surface area contributed by atoms with Crippen molar-refractivity contribution in [3.8, 4) is 16.9 Å². The number of hydrogen-bond donors (Lipinski definition) is 4. The summed E-state index contributed by atoms with van der Waals surface area (Å²) in [5.74, 6) is 0. The van der Waals surface area contributed by atoms with Gasteiger partial charge in [-0.05, 0) is 97.5 Å². The number of nitrogens with one attached hydrogen (secondary N) is 2. The Morgan fingerprint density at radius 2 is 1.91 bits per heavy atom. The first-order chi connectivity index (χ1) is 20.5. The van der Waals surface area contributed by atoms with Crippen LogP contribution in [0.25, 0.3) is 28.0 Å². The molecular weight excluding hydrogens is 596 g/mol. The number of aryl methyl sites for hydroxylation is 1. The molecule has 43 heavy (non-hydrogen) atoms. The summed E-state index contributed by atoms with van der Waals surface area (Å²) in [6.45, 7) is 2.58. The third-order valence-electron chi connectivity index (χ3n) is 6.91. The van der Waals surface area contributed by atoms with Crippen LogP contribution in [0, 0.1) is 0 Å². The summed E-state index contributed by atoms with van der Waals surface area (Å²) in [7, 11) is 0. The van der Waals surface area contributed by atoms with Crippen LogP contribution in [-0.2, 0) is 6.42 Å². The highest BCUT2D eigenvalue weighted by molar-refractivity contribution is 8.00. The quantitative estimate of drug-likeness (QED) is 0.115. The van der Waals surface area contributed by atoms with Crippen molar-refractivity contribution in [3.63, 3.8) is 0 Å². The highest BCUT2D eigenvalue weighted by Crippen LogP contribution is 2.39. The number of nitrogens with zero attached hydrogens (tertiary/aromatic N) is 3. The van der Waals surface area contributed by atoms with Gasteiger partial charge in [-0.2, -0.15) is 18.2 Å². The van der Waals surface area contributed by atoms with Gasteiger partial charge in [-0.3, -0.25) is 4.57 Å². The Morgan fingerprint density at radius 3 is 2.60 bits per heavy atom. The number of alkyl halides is 3. The van der Waals surface area contributed by atoms with E-state index >= 15 is 0 Å². The fourth-order valence-corrected chi connectivity index (χ4v) is 6.03. The van der Waals surface area contributed by atoms with Gasteiger partial charge in [-0.15, -0.1) is 11.3 Å². The molecule has 0 amide bonds. The van der Waals surface area contributed by atoms with Gasteiger partial charge in [0.25, 0.3) is 0 Å². The lowest BCUT2D eigenvalue weighted by Crippen LogP contribution is -2.20. The maximum atomic E-state index is 13.2. The first-order valence-electron chi connectivity index (χ1n) is 13.8. The van der Waals surface area contributed by atoms with E-state index in [1.165, 1.54) is 22.0 Å². The van der Waals surface area contributed by atoms with Crippen LogP contribution in [0.15, 0.2) is 76.0 Å². The molecule has 13 heteroatoms. The number of thioether (sulfide) groups is 1. The Bertz CT molecular complexity index is 1710. The first-order valence-corrected chi connectivity index (χ1v) is 15.5. The smallest absolute Gasteiger partial charge is 0.361 e. The van der Waals surface area contributed by atoms with Crippen molar-refractivity contribution in [2.45, 2.75) is 55.1 Å². The second-order valence-corrected chi connectivity index (χ2v) is 12.4. The Morgan fingerprint density at radius 1 is 1.12 bits per heavy atom. The normalized spacial score (nSPS) is 13.3. The molecule has 2 atom stereocenters. The van der Waals surface area contributed by atoms with Crippen LogP contribution in [-0.4, -0.2) is 37.6 Å². The topological polar surface area (TPSA) is 128 Å². The number of halogens is 3. The van der Waals surface area contributed by atoms with E-state index in [0.717, 1.165) is 29.1 Å². The molecule has 0 saturated heterocycles. The molecular formula is C30H32F3N7OS2.